The molecule has 0 saturated heterocycles. The topological polar surface area (TPSA) is 64.3 Å². The zero-order chi connectivity index (χ0) is 13.7. The Morgan fingerprint density at radius 1 is 1.28 bits per heavy atom. The Labute approximate surface area is 109 Å². The van der Waals surface area contributed by atoms with Gasteiger partial charge in [0, 0.05) is 6.04 Å². The number of nitrogens with one attached hydrogen (secondary N) is 1. The molecule has 1 amide bonds. The van der Waals surface area contributed by atoms with Crippen LogP contribution in [0.15, 0.2) is 24.3 Å². The Balaban J connectivity index is 2.73. The fraction of sp³-hybridized carbons (Fsp3) is 0.500. The van der Waals surface area contributed by atoms with Crippen LogP contribution in [0.25, 0.3) is 0 Å². The van der Waals surface area contributed by atoms with E-state index in [-0.39, 0.29) is 24.1 Å². The van der Waals surface area contributed by atoms with E-state index in [2.05, 4.69) is 5.32 Å². The van der Waals surface area contributed by atoms with Crippen molar-refractivity contribution in [2.75, 3.05) is 0 Å². The van der Waals surface area contributed by atoms with E-state index in [1.54, 1.807) is 6.92 Å². The Morgan fingerprint density at radius 3 is 2.50 bits per heavy atom. The molecule has 4 nitrogen and oxygen atoms in total. The lowest BCUT2D eigenvalue weighted by atomic mass is 10.1. The van der Waals surface area contributed by atoms with Gasteiger partial charge in [0.2, 0.25) is 5.91 Å². The van der Waals surface area contributed by atoms with Crippen LogP contribution in [0.1, 0.15) is 39.3 Å². The number of carbonyl (C=O) groups is 1. The van der Waals surface area contributed by atoms with Crippen molar-refractivity contribution >= 4 is 5.91 Å². The molecular formula is C14H22N2O2. The van der Waals surface area contributed by atoms with Crippen molar-refractivity contribution in [2.45, 2.75) is 45.9 Å². The van der Waals surface area contributed by atoms with Gasteiger partial charge in [-0.05, 0) is 45.4 Å². The summed E-state index contributed by atoms with van der Waals surface area (Å²) in [6.07, 6.45) is 0.146. The lowest BCUT2D eigenvalue weighted by Crippen LogP contribution is -2.39. The first-order chi connectivity index (χ1) is 8.40. The van der Waals surface area contributed by atoms with E-state index >= 15 is 0 Å². The smallest absolute Gasteiger partial charge is 0.234 e. The van der Waals surface area contributed by atoms with Crippen molar-refractivity contribution in [2.24, 2.45) is 5.73 Å². The van der Waals surface area contributed by atoms with E-state index in [0.717, 1.165) is 11.3 Å². The van der Waals surface area contributed by atoms with Gasteiger partial charge in [-0.15, -0.1) is 0 Å². The van der Waals surface area contributed by atoms with Crippen LogP contribution in [0, 0.1) is 0 Å². The Morgan fingerprint density at radius 2 is 1.94 bits per heavy atom. The quantitative estimate of drug-likeness (QED) is 0.811. The maximum absolute atomic E-state index is 11.0. The second-order valence-corrected chi connectivity index (χ2v) is 4.75. The van der Waals surface area contributed by atoms with Gasteiger partial charge in [-0.25, -0.2) is 0 Å². The summed E-state index contributed by atoms with van der Waals surface area (Å²) in [6, 6.07) is 7.54. The molecule has 0 heterocycles. The minimum atomic E-state index is -0.352. The van der Waals surface area contributed by atoms with E-state index in [1.165, 1.54) is 0 Å². The second kappa shape index (κ2) is 6.40. The van der Waals surface area contributed by atoms with Crippen LogP contribution in [-0.2, 0) is 4.79 Å². The van der Waals surface area contributed by atoms with Crippen LogP contribution in [0.5, 0.6) is 5.75 Å². The summed E-state index contributed by atoms with van der Waals surface area (Å²) in [7, 11) is 0. The van der Waals surface area contributed by atoms with Gasteiger partial charge >= 0.3 is 0 Å². The molecule has 0 radical (unpaired) electrons. The Bertz CT molecular complexity index is 405. The molecule has 0 spiro atoms. The number of benzene rings is 1. The maximum atomic E-state index is 11.0. The van der Waals surface area contributed by atoms with Crippen LogP contribution < -0.4 is 15.8 Å². The van der Waals surface area contributed by atoms with Crippen LogP contribution in [0.3, 0.4) is 0 Å². The van der Waals surface area contributed by atoms with E-state index in [4.69, 9.17) is 10.5 Å². The highest BCUT2D eigenvalue weighted by Gasteiger charge is 2.13. The van der Waals surface area contributed by atoms with Crippen molar-refractivity contribution in [3.8, 4) is 5.75 Å². The molecule has 0 aliphatic carbocycles. The number of nitrogens with two attached hydrogens (primary N) is 1. The van der Waals surface area contributed by atoms with Gasteiger partial charge in [-0.3, -0.25) is 10.1 Å². The normalized spacial score (nSPS) is 14.3. The van der Waals surface area contributed by atoms with Gasteiger partial charge in [0.05, 0.1) is 12.1 Å². The fourth-order valence-corrected chi connectivity index (χ4v) is 1.68. The maximum Gasteiger partial charge on any atom is 0.234 e. The minimum Gasteiger partial charge on any atom is -0.491 e. The molecule has 1 aromatic rings. The minimum absolute atomic E-state index is 0.0446. The summed E-state index contributed by atoms with van der Waals surface area (Å²) in [5, 5.41) is 3.15. The second-order valence-electron chi connectivity index (χ2n) is 4.75. The molecule has 0 fully saturated rings. The fourth-order valence-electron chi connectivity index (χ4n) is 1.68. The highest BCUT2D eigenvalue weighted by atomic mass is 16.5. The Kier molecular flexibility index (Phi) is 5.16. The molecule has 100 valence electrons. The number of ether oxygens (including phenoxy) is 1. The highest BCUT2D eigenvalue weighted by molar-refractivity contribution is 5.79. The van der Waals surface area contributed by atoms with Gasteiger partial charge < -0.3 is 10.5 Å². The molecule has 2 unspecified atom stereocenters. The van der Waals surface area contributed by atoms with Crippen LogP contribution >= 0.6 is 0 Å². The standard InChI is InChI=1S/C14H22N2O2/c1-9(2)18-13-7-5-6-12(8-13)10(3)16-11(4)14(15)17/h5-11,16H,1-4H3,(H2,15,17). The molecule has 2 atom stereocenters. The van der Waals surface area contributed by atoms with Crippen molar-refractivity contribution in [3.63, 3.8) is 0 Å². The summed E-state index contributed by atoms with van der Waals surface area (Å²) >= 11 is 0. The van der Waals surface area contributed by atoms with E-state index in [0.29, 0.717) is 0 Å². The average molecular weight is 250 g/mol. The van der Waals surface area contributed by atoms with Crippen molar-refractivity contribution in [1.82, 2.24) is 5.32 Å². The summed E-state index contributed by atoms with van der Waals surface area (Å²) in [4.78, 5) is 11.0. The van der Waals surface area contributed by atoms with Gasteiger partial charge in [0.15, 0.2) is 0 Å². The molecule has 18 heavy (non-hydrogen) atoms. The summed E-state index contributed by atoms with van der Waals surface area (Å²) < 4.78 is 5.64. The first-order valence-electron chi connectivity index (χ1n) is 6.22. The number of hydrogen-bond acceptors (Lipinski definition) is 3. The summed E-state index contributed by atoms with van der Waals surface area (Å²) in [5.41, 5.74) is 6.30. The average Bonchev–Trinajstić information content (AvgIpc) is 2.28. The number of primary amides is 1. The third-order valence-electron chi connectivity index (χ3n) is 2.66. The number of amides is 1. The predicted molar refractivity (Wildman–Crippen MR) is 72.4 cm³/mol. The van der Waals surface area contributed by atoms with Gasteiger partial charge in [-0.2, -0.15) is 0 Å². The zero-order valence-corrected chi connectivity index (χ0v) is 11.4. The SMILES string of the molecule is CC(C)Oc1cccc(C(C)NC(C)C(N)=O)c1. The van der Waals surface area contributed by atoms with Crippen molar-refractivity contribution < 1.29 is 9.53 Å². The van der Waals surface area contributed by atoms with Gasteiger partial charge in [0.25, 0.3) is 0 Å². The molecule has 1 aromatic carbocycles. The van der Waals surface area contributed by atoms with Crippen LogP contribution in [-0.4, -0.2) is 18.1 Å². The third kappa shape index (κ3) is 4.37. The molecule has 0 aromatic heterocycles. The predicted octanol–water partition coefficient (Wildman–Crippen LogP) is 2.00. The number of rotatable bonds is 6. The highest BCUT2D eigenvalue weighted by Crippen LogP contribution is 2.20. The van der Waals surface area contributed by atoms with Crippen LogP contribution in [0.4, 0.5) is 0 Å². The van der Waals surface area contributed by atoms with Gasteiger partial charge in [-0.1, -0.05) is 12.1 Å². The van der Waals surface area contributed by atoms with E-state index < -0.39 is 0 Å². The largest absolute Gasteiger partial charge is 0.491 e. The van der Waals surface area contributed by atoms with Crippen molar-refractivity contribution in [1.29, 1.82) is 0 Å². The van der Waals surface area contributed by atoms with E-state index in [9.17, 15) is 4.79 Å². The molecule has 4 heteroatoms. The molecule has 0 bridgehead atoms. The third-order valence-corrected chi connectivity index (χ3v) is 2.66. The van der Waals surface area contributed by atoms with Crippen molar-refractivity contribution in [3.05, 3.63) is 29.8 Å². The van der Waals surface area contributed by atoms with Crippen LogP contribution in [0.2, 0.25) is 0 Å². The molecule has 1 rings (SSSR count). The Hall–Kier alpha value is -1.55. The van der Waals surface area contributed by atoms with Gasteiger partial charge in [0.1, 0.15) is 5.75 Å². The lowest BCUT2D eigenvalue weighted by molar-refractivity contribution is -0.119. The monoisotopic (exact) mass is 250 g/mol. The summed E-state index contributed by atoms with van der Waals surface area (Å²) in [5.74, 6) is 0.485. The lowest BCUT2D eigenvalue weighted by Gasteiger charge is -2.19. The number of hydrogen-bond donors (Lipinski definition) is 2. The molecular weight excluding hydrogens is 228 g/mol. The van der Waals surface area contributed by atoms with E-state index in [1.807, 2.05) is 45.0 Å². The first kappa shape index (κ1) is 14.5. The summed E-state index contributed by atoms with van der Waals surface area (Å²) in [6.45, 7) is 7.73. The molecule has 0 saturated carbocycles. The first-order valence-corrected chi connectivity index (χ1v) is 6.22. The molecule has 0 aliphatic heterocycles. The zero-order valence-electron chi connectivity index (χ0n) is 11.4. The molecule has 0 aliphatic rings. The molecule has 3 N–H and O–H groups in total. The number of carbonyl (C=O) groups excluding carboxylic acids is 1.